The number of hydrogen-bond donors (Lipinski definition) is 2. The summed E-state index contributed by atoms with van der Waals surface area (Å²) in [5, 5.41) is 6.77. The van der Waals surface area contributed by atoms with Gasteiger partial charge in [-0.2, -0.15) is 5.10 Å². The quantitative estimate of drug-likeness (QED) is 0.334. The van der Waals surface area contributed by atoms with Crippen LogP contribution in [0.3, 0.4) is 0 Å². The zero-order chi connectivity index (χ0) is 19.8. The molecule has 0 heterocycles. The van der Waals surface area contributed by atoms with E-state index in [4.69, 9.17) is 9.47 Å². The van der Waals surface area contributed by atoms with Crippen LogP contribution >= 0.6 is 22.6 Å². The fourth-order valence-electron chi connectivity index (χ4n) is 2.30. The number of carbonyl (C=O) groups is 1. The first-order valence-electron chi connectivity index (χ1n) is 8.69. The zero-order valence-electron chi connectivity index (χ0n) is 15.9. The number of rotatable bonds is 7. The first-order valence-corrected chi connectivity index (χ1v) is 9.77. The third kappa shape index (κ3) is 6.42. The summed E-state index contributed by atoms with van der Waals surface area (Å²) in [6.45, 7) is 8.32. The van der Waals surface area contributed by atoms with Gasteiger partial charge < -0.3 is 14.8 Å². The number of nitrogens with one attached hydrogen (secondary N) is 2. The van der Waals surface area contributed by atoms with Gasteiger partial charge in [-0.3, -0.25) is 0 Å². The van der Waals surface area contributed by atoms with Crippen LogP contribution in [0.15, 0.2) is 41.5 Å². The monoisotopic (exact) mass is 481 g/mol. The van der Waals surface area contributed by atoms with Gasteiger partial charge in [0.1, 0.15) is 0 Å². The Morgan fingerprint density at radius 3 is 2.70 bits per heavy atom. The summed E-state index contributed by atoms with van der Waals surface area (Å²) in [5.41, 5.74) is 4.99. The lowest BCUT2D eigenvalue weighted by Crippen LogP contribution is -2.24. The number of para-hydroxylation sites is 1. The molecule has 2 rings (SSSR count). The second-order valence-corrected chi connectivity index (χ2v) is 7.23. The lowest BCUT2D eigenvalue weighted by Gasteiger charge is -2.16. The number of halogens is 1. The van der Waals surface area contributed by atoms with Crippen LogP contribution < -0.4 is 20.2 Å². The Bertz CT molecular complexity index is 822. The maximum Gasteiger partial charge on any atom is 0.339 e. The van der Waals surface area contributed by atoms with Crippen molar-refractivity contribution in [3.63, 3.8) is 0 Å². The van der Waals surface area contributed by atoms with Crippen molar-refractivity contribution in [3.05, 3.63) is 51.1 Å². The van der Waals surface area contributed by atoms with E-state index in [2.05, 4.69) is 38.4 Å². The highest BCUT2D eigenvalue weighted by Gasteiger charge is 2.13. The highest BCUT2D eigenvalue weighted by Crippen LogP contribution is 2.34. The molecule has 0 aliphatic heterocycles. The van der Waals surface area contributed by atoms with Gasteiger partial charge in [-0.1, -0.05) is 18.2 Å². The topological polar surface area (TPSA) is 72.0 Å². The largest absolute Gasteiger partial charge is 0.490 e. The molecular formula is C20H24IN3O3. The number of ether oxygens (including phenoxy) is 2. The number of aryl methyl sites for hydroxylation is 1. The number of carbonyl (C=O) groups excluding carboxylic acids is 1. The molecular weight excluding hydrogens is 457 g/mol. The molecule has 6 nitrogen and oxygen atoms in total. The molecule has 0 unspecified atom stereocenters. The van der Waals surface area contributed by atoms with Crippen molar-refractivity contribution in [1.82, 2.24) is 5.43 Å². The average Bonchev–Trinajstić information content (AvgIpc) is 2.60. The van der Waals surface area contributed by atoms with Crippen molar-refractivity contribution < 1.29 is 14.3 Å². The van der Waals surface area contributed by atoms with Crippen LogP contribution in [0.4, 0.5) is 10.5 Å². The predicted molar refractivity (Wildman–Crippen MR) is 117 cm³/mol. The molecule has 0 radical (unpaired) electrons. The van der Waals surface area contributed by atoms with Gasteiger partial charge in [0, 0.05) is 5.69 Å². The molecule has 0 saturated heterocycles. The molecule has 0 bridgehead atoms. The average molecular weight is 481 g/mol. The standard InChI is InChI=1S/C20H24IN3O3/c1-5-26-18-11-15(10-16(21)19(18)27-13(2)3)12-22-24-20(25)23-17-9-7-6-8-14(17)4/h6-13H,5H2,1-4H3,(H2,23,24,25). The van der Waals surface area contributed by atoms with Gasteiger partial charge in [0.25, 0.3) is 0 Å². The minimum atomic E-state index is -0.403. The van der Waals surface area contributed by atoms with Gasteiger partial charge in [-0.15, -0.1) is 0 Å². The SMILES string of the molecule is CCOc1cc(C=NNC(=O)Nc2ccccc2C)cc(I)c1OC(C)C. The van der Waals surface area contributed by atoms with Crippen LogP contribution in [-0.4, -0.2) is 25.0 Å². The molecule has 27 heavy (non-hydrogen) atoms. The van der Waals surface area contributed by atoms with Crippen LogP contribution in [0.5, 0.6) is 11.5 Å². The van der Waals surface area contributed by atoms with Crippen LogP contribution in [0.25, 0.3) is 0 Å². The lowest BCUT2D eigenvalue weighted by atomic mass is 10.2. The number of hydrazone groups is 1. The van der Waals surface area contributed by atoms with Crippen molar-refractivity contribution >= 4 is 40.5 Å². The summed E-state index contributed by atoms with van der Waals surface area (Å²) in [5.74, 6) is 1.37. The maximum atomic E-state index is 12.0. The van der Waals surface area contributed by atoms with Gasteiger partial charge in [-0.05, 0) is 79.6 Å². The van der Waals surface area contributed by atoms with E-state index in [9.17, 15) is 4.79 Å². The molecule has 144 valence electrons. The van der Waals surface area contributed by atoms with Gasteiger partial charge in [-0.25, -0.2) is 10.2 Å². The molecule has 0 fully saturated rings. The molecule has 7 heteroatoms. The lowest BCUT2D eigenvalue weighted by molar-refractivity contribution is 0.222. The minimum absolute atomic E-state index is 0.0454. The molecule has 0 aromatic heterocycles. The minimum Gasteiger partial charge on any atom is -0.490 e. The van der Waals surface area contributed by atoms with E-state index in [1.54, 1.807) is 6.21 Å². The molecule has 0 saturated carbocycles. The number of hydrogen-bond acceptors (Lipinski definition) is 4. The number of anilines is 1. The smallest absolute Gasteiger partial charge is 0.339 e. The molecule has 0 aliphatic carbocycles. The van der Waals surface area contributed by atoms with Crippen molar-refractivity contribution in [2.75, 3.05) is 11.9 Å². The Kier molecular flexibility index (Phi) is 7.90. The van der Waals surface area contributed by atoms with Gasteiger partial charge in [0.15, 0.2) is 11.5 Å². The Hall–Kier alpha value is -2.29. The van der Waals surface area contributed by atoms with Gasteiger partial charge >= 0.3 is 6.03 Å². The van der Waals surface area contributed by atoms with Gasteiger partial charge in [0.05, 0.1) is 22.5 Å². The summed E-state index contributed by atoms with van der Waals surface area (Å²) < 4.78 is 12.4. The Balaban J connectivity index is 2.07. The van der Waals surface area contributed by atoms with E-state index in [0.717, 1.165) is 26.1 Å². The van der Waals surface area contributed by atoms with E-state index >= 15 is 0 Å². The number of benzene rings is 2. The van der Waals surface area contributed by atoms with Crippen molar-refractivity contribution in [2.24, 2.45) is 5.10 Å². The summed E-state index contributed by atoms with van der Waals surface area (Å²) in [4.78, 5) is 12.0. The summed E-state index contributed by atoms with van der Waals surface area (Å²) in [6.07, 6.45) is 1.62. The normalized spacial score (nSPS) is 10.9. The molecule has 0 aliphatic rings. The fourth-order valence-corrected chi connectivity index (χ4v) is 3.06. The Labute approximate surface area is 173 Å². The number of amides is 2. The van der Waals surface area contributed by atoms with Crippen LogP contribution in [0.1, 0.15) is 31.9 Å². The van der Waals surface area contributed by atoms with E-state index in [1.807, 2.05) is 64.1 Å². The van der Waals surface area contributed by atoms with Crippen LogP contribution in [0, 0.1) is 10.5 Å². The third-order valence-corrected chi connectivity index (χ3v) is 4.26. The summed E-state index contributed by atoms with van der Waals surface area (Å²) in [6, 6.07) is 10.9. The van der Waals surface area contributed by atoms with E-state index in [-0.39, 0.29) is 6.10 Å². The van der Waals surface area contributed by atoms with E-state index in [0.29, 0.717) is 12.4 Å². The molecule has 2 aromatic rings. The first-order chi connectivity index (χ1) is 12.9. The van der Waals surface area contributed by atoms with Crippen molar-refractivity contribution in [2.45, 2.75) is 33.8 Å². The molecule has 2 aromatic carbocycles. The van der Waals surface area contributed by atoms with E-state index < -0.39 is 6.03 Å². The van der Waals surface area contributed by atoms with Crippen LogP contribution in [0.2, 0.25) is 0 Å². The third-order valence-electron chi connectivity index (χ3n) is 3.46. The number of nitrogens with zero attached hydrogens (tertiary/aromatic N) is 1. The molecule has 0 atom stereocenters. The van der Waals surface area contributed by atoms with Crippen LogP contribution in [-0.2, 0) is 0 Å². The summed E-state index contributed by atoms with van der Waals surface area (Å²) >= 11 is 2.20. The fraction of sp³-hybridized carbons (Fsp3) is 0.300. The Morgan fingerprint density at radius 2 is 2.04 bits per heavy atom. The van der Waals surface area contributed by atoms with Crippen molar-refractivity contribution in [1.29, 1.82) is 0 Å². The highest BCUT2D eigenvalue weighted by atomic mass is 127. The van der Waals surface area contributed by atoms with Gasteiger partial charge in [0.2, 0.25) is 0 Å². The maximum absolute atomic E-state index is 12.0. The Morgan fingerprint density at radius 1 is 1.30 bits per heavy atom. The van der Waals surface area contributed by atoms with E-state index in [1.165, 1.54) is 0 Å². The predicted octanol–water partition coefficient (Wildman–Crippen LogP) is 4.94. The second kappa shape index (κ2) is 10.1. The number of urea groups is 1. The highest BCUT2D eigenvalue weighted by molar-refractivity contribution is 14.1. The molecule has 0 spiro atoms. The molecule has 2 N–H and O–H groups in total. The van der Waals surface area contributed by atoms with Crippen molar-refractivity contribution in [3.8, 4) is 11.5 Å². The second-order valence-electron chi connectivity index (χ2n) is 6.07. The first kappa shape index (κ1) is 21.0. The molecule has 2 amide bonds. The zero-order valence-corrected chi connectivity index (χ0v) is 18.0. The summed E-state index contributed by atoms with van der Waals surface area (Å²) in [7, 11) is 0.